The molecule has 0 bridgehead atoms. The van der Waals surface area contributed by atoms with E-state index in [2.05, 4.69) is 0 Å². The van der Waals surface area contributed by atoms with Crippen molar-refractivity contribution in [1.29, 1.82) is 0 Å². The second kappa shape index (κ2) is 10.4. The second-order valence-corrected chi connectivity index (χ2v) is 9.34. The van der Waals surface area contributed by atoms with Gasteiger partial charge in [-0.05, 0) is 42.0 Å². The summed E-state index contributed by atoms with van der Waals surface area (Å²) >= 11 is 7.91. The first-order chi connectivity index (χ1) is 16.3. The molecule has 2 aromatic rings. The van der Waals surface area contributed by atoms with E-state index in [0.29, 0.717) is 42.7 Å². The topological polar surface area (TPSA) is 96.4 Å². The molecule has 0 radical (unpaired) electrons. The maximum atomic E-state index is 12.5. The first-order valence-electron chi connectivity index (χ1n) is 10.7. The summed E-state index contributed by atoms with van der Waals surface area (Å²) in [7, 11) is 0. The summed E-state index contributed by atoms with van der Waals surface area (Å²) in [6.07, 6.45) is 2.23. The lowest BCUT2D eigenvalue weighted by Crippen LogP contribution is -2.49. The van der Waals surface area contributed by atoms with Crippen molar-refractivity contribution in [3.05, 3.63) is 53.1 Å². The number of benzene rings is 2. The van der Waals surface area contributed by atoms with Crippen LogP contribution in [0.5, 0.6) is 11.5 Å². The monoisotopic (exact) mass is 502 g/mol. The van der Waals surface area contributed by atoms with Gasteiger partial charge in [0.15, 0.2) is 11.5 Å². The van der Waals surface area contributed by atoms with Crippen LogP contribution in [0.4, 0.5) is 0 Å². The predicted molar refractivity (Wildman–Crippen MR) is 127 cm³/mol. The molecule has 4 rings (SSSR count). The first kappa shape index (κ1) is 24.0. The molecular weight excluding hydrogens is 480 g/mol. The van der Waals surface area contributed by atoms with E-state index in [-0.39, 0.29) is 18.4 Å². The Morgan fingerprint density at radius 3 is 2.47 bits per heavy atom. The number of hydrogen-bond acceptors (Lipinski definition) is 6. The van der Waals surface area contributed by atoms with Gasteiger partial charge in [-0.3, -0.25) is 9.59 Å². The summed E-state index contributed by atoms with van der Waals surface area (Å²) < 4.78 is 11.0. The second-order valence-electron chi connectivity index (χ2n) is 7.82. The number of carboxylic acids is 1. The number of halogens is 1. The summed E-state index contributed by atoms with van der Waals surface area (Å²) in [5.41, 5.74) is 0.798. The van der Waals surface area contributed by atoms with Gasteiger partial charge in [0, 0.05) is 49.0 Å². The summed E-state index contributed by atoms with van der Waals surface area (Å²) in [5, 5.41) is 9.60. The van der Waals surface area contributed by atoms with Crippen molar-refractivity contribution in [1.82, 2.24) is 9.80 Å². The molecule has 2 aliphatic heterocycles. The third-order valence-electron chi connectivity index (χ3n) is 5.49. The van der Waals surface area contributed by atoms with Gasteiger partial charge in [0.2, 0.25) is 17.9 Å². The fourth-order valence-electron chi connectivity index (χ4n) is 3.58. The molecule has 1 atom stereocenters. The van der Waals surface area contributed by atoms with Gasteiger partial charge in [-0.2, -0.15) is 0 Å². The Morgan fingerprint density at radius 1 is 1.06 bits per heavy atom. The quantitative estimate of drug-likeness (QED) is 0.626. The van der Waals surface area contributed by atoms with Crippen LogP contribution >= 0.6 is 23.4 Å². The van der Waals surface area contributed by atoms with Crippen LogP contribution in [0, 0.1) is 0 Å². The lowest BCUT2D eigenvalue weighted by atomic mass is 10.2. The first-order valence-corrected chi connectivity index (χ1v) is 11.9. The Hall–Kier alpha value is -3.17. The Morgan fingerprint density at radius 2 is 1.79 bits per heavy atom. The number of ether oxygens (including phenoxy) is 2. The van der Waals surface area contributed by atoms with Crippen LogP contribution in [0.15, 0.2) is 52.3 Å². The van der Waals surface area contributed by atoms with Crippen molar-refractivity contribution >= 4 is 47.2 Å². The zero-order valence-electron chi connectivity index (χ0n) is 18.4. The lowest BCUT2D eigenvalue weighted by Gasteiger charge is -2.33. The molecular formula is C24H23ClN2O6S. The SMILES string of the molecule is CC(=O)N1CCN(C(=O)/C=C/c2ccc(Sc3ccc4c(c3)OCC(C(=O)O)O4)c(Cl)c2)CC1. The van der Waals surface area contributed by atoms with Crippen LogP contribution in [0.25, 0.3) is 6.08 Å². The van der Waals surface area contributed by atoms with E-state index in [4.69, 9.17) is 26.2 Å². The van der Waals surface area contributed by atoms with Gasteiger partial charge >= 0.3 is 5.97 Å². The largest absolute Gasteiger partial charge is 0.485 e. The fraction of sp³-hybridized carbons (Fsp3) is 0.292. The smallest absolute Gasteiger partial charge is 0.348 e. The Kier molecular flexibility index (Phi) is 7.33. The lowest BCUT2D eigenvalue weighted by molar-refractivity contribution is -0.147. The highest BCUT2D eigenvalue weighted by molar-refractivity contribution is 7.99. The Labute approximate surface area is 206 Å². The molecule has 0 aromatic heterocycles. The minimum absolute atomic E-state index is 0.0262. The Balaban J connectivity index is 1.37. The maximum absolute atomic E-state index is 12.5. The van der Waals surface area contributed by atoms with Crippen molar-refractivity contribution < 1.29 is 29.0 Å². The zero-order chi connectivity index (χ0) is 24.2. The van der Waals surface area contributed by atoms with Crippen molar-refractivity contribution in [3.63, 3.8) is 0 Å². The molecule has 0 saturated carbocycles. The van der Waals surface area contributed by atoms with Crippen LogP contribution in [-0.4, -0.2) is 71.6 Å². The van der Waals surface area contributed by atoms with Crippen LogP contribution < -0.4 is 9.47 Å². The summed E-state index contributed by atoms with van der Waals surface area (Å²) in [4.78, 5) is 40.1. The number of rotatable bonds is 5. The molecule has 2 aromatic carbocycles. The van der Waals surface area contributed by atoms with E-state index in [0.717, 1.165) is 15.4 Å². The highest BCUT2D eigenvalue weighted by Gasteiger charge is 2.27. The van der Waals surface area contributed by atoms with Crippen molar-refractivity contribution in [3.8, 4) is 11.5 Å². The third-order valence-corrected chi connectivity index (χ3v) is 6.98. The molecule has 2 aliphatic rings. The molecule has 1 saturated heterocycles. The van der Waals surface area contributed by atoms with E-state index in [1.54, 1.807) is 34.1 Å². The van der Waals surface area contributed by atoms with Gasteiger partial charge in [-0.15, -0.1) is 0 Å². The number of hydrogen-bond donors (Lipinski definition) is 1. The summed E-state index contributed by atoms with van der Waals surface area (Å²) in [6.45, 7) is 3.62. The zero-order valence-corrected chi connectivity index (χ0v) is 20.0. The van der Waals surface area contributed by atoms with Crippen LogP contribution in [-0.2, 0) is 14.4 Å². The summed E-state index contributed by atoms with van der Waals surface area (Å²) in [5.74, 6) is -0.262. The van der Waals surface area contributed by atoms with Gasteiger partial charge in [0.05, 0.1) is 5.02 Å². The highest BCUT2D eigenvalue weighted by Crippen LogP contribution is 2.40. The highest BCUT2D eigenvalue weighted by atomic mass is 35.5. The molecule has 1 fully saturated rings. The molecule has 0 aliphatic carbocycles. The van der Waals surface area contributed by atoms with E-state index in [1.807, 2.05) is 18.2 Å². The number of fused-ring (bicyclic) bond motifs is 1. The average molecular weight is 503 g/mol. The normalized spacial score (nSPS) is 17.6. The molecule has 1 N–H and O–H groups in total. The van der Waals surface area contributed by atoms with E-state index in [9.17, 15) is 14.4 Å². The number of piperazine rings is 1. The maximum Gasteiger partial charge on any atom is 0.348 e. The predicted octanol–water partition coefficient (Wildman–Crippen LogP) is 3.42. The number of aliphatic carboxylic acids is 1. The third kappa shape index (κ3) is 5.66. The molecule has 8 nitrogen and oxygen atoms in total. The van der Waals surface area contributed by atoms with Crippen LogP contribution in [0.1, 0.15) is 12.5 Å². The number of amides is 2. The summed E-state index contributed by atoms with van der Waals surface area (Å²) in [6, 6.07) is 10.8. The number of carbonyl (C=O) groups is 3. The van der Waals surface area contributed by atoms with Crippen molar-refractivity contribution in [2.45, 2.75) is 22.8 Å². The average Bonchev–Trinajstić information content (AvgIpc) is 2.83. The van der Waals surface area contributed by atoms with Gasteiger partial charge in [0.25, 0.3) is 0 Å². The van der Waals surface area contributed by atoms with E-state index < -0.39 is 12.1 Å². The number of nitrogens with zero attached hydrogens (tertiary/aromatic N) is 2. The molecule has 10 heteroatoms. The molecule has 2 amide bonds. The van der Waals surface area contributed by atoms with E-state index >= 15 is 0 Å². The fourth-order valence-corrected chi connectivity index (χ4v) is 4.73. The number of carbonyl (C=O) groups excluding carboxylic acids is 2. The molecule has 1 unspecified atom stereocenters. The molecule has 34 heavy (non-hydrogen) atoms. The van der Waals surface area contributed by atoms with E-state index in [1.165, 1.54) is 24.8 Å². The number of carboxylic acid groups (broad SMARTS) is 1. The standard InChI is InChI=1S/C24H23ClN2O6S/c1-15(28)26-8-10-27(11-9-26)23(29)7-3-16-2-6-22(18(25)12-16)34-17-4-5-19-20(13-17)32-14-21(33-19)24(30)31/h2-7,12-13,21H,8-11,14H2,1H3,(H,30,31)/b7-3+. The minimum Gasteiger partial charge on any atom is -0.485 e. The van der Waals surface area contributed by atoms with Crippen molar-refractivity contribution in [2.75, 3.05) is 32.8 Å². The Bertz CT molecular complexity index is 1150. The van der Waals surface area contributed by atoms with Crippen molar-refractivity contribution in [2.24, 2.45) is 0 Å². The van der Waals surface area contributed by atoms with Gasteiger partial charge in [-0.25, -0.2) is 4.79 Å². The molecule has 178 valence electrons. The molecule has 2 heterocycles. The van der Waals surface area contributed by atoms with Gasteiger partial charge in [0.1, 0.15) is 6.61 Å². The molecule has 0 spiro atoms. The van der Waals surface area contributed by atoms with Crippen LogP contribution in [0.2, 0.25) is 5.02 Å². The van der Waals surface area contributed by atoms with Gasteiger partial charge in [-0.1, -0.05) is 29.4 Å². The minimum atomic E-state index is -1.07. The van der Waals surface area contributed by atoms with Crippen LogP contribution in [0.3, 0.4) is 0 Å². The van der Waals surface area contributed by atoms with Gasteiger partial charge < -0.3 is 24.4 Å².